The van der Waals surface area contributed by atoms with E-state index in [0.29, 0.717) is 36.6 Å². The first kappa shape index (κ1) is 51.7. The molecule has 1 aromatic heterocycles. The number of piperidine rings is 1. The van der Waals surface area contributed by atoms with Crippen LogP contribution in [0.1, 0.15) is 109 Å². The van der Waals surface area contributed by atoms with E-state index >= 15 is 0 Å². The molecule has 5 N–H and O–H groups in total. The van der Waals surface area contributed by atoms with Crippen LogP contribution in [-0.4, -0.2) is 124 Å². The van der Waals surface area contributed by atoms with E-state index < -0.39 is 66.2 Å². The number of carbonyl (C=O) groups excluding carboxylic acids is 6. The number of rotatable bonds is 17. The molecule has 71 heavy (non-hydrogen) atoms. The second kappa shape index (κ2) is 21.2. The molecule has 0 saturated carbocycles. The van der Waals surface area contributed by atoms with Crippen molar-refractivity contribution in [2.45, 2.75) is 108 Å². The number of likely N-dealkylation sites (tertiary alicyclic amines) is 1. The fraction of sp³-hybridized carbons (Fsp3) is 0.480. The Hall–Kier alpha value is -5.63. The zero-order valence-corrected chi connectivity index (χ0v) is 41.4. The number of hydrogen-bond acceptors (Lipinski definition) is 11. The molecule has 17 nitrogen and oxygen atoms in total. The van der Waals surface area contributed by atoms with E-state index in [2.05, 4.69) is 16.0 Å². The molecule has 3 aromatic carbocycles. The lowest BCUT2D eigenvalue weighted by Gasteiger charge is -2.38. The highest BCUT2D eigenvalue weighted by molar-refractivity contribution is 7.52. The summed E-state index contributed by atoms with van der Waals surface area (Å²) in [5.41, 5.74) is -3.09. The van der Waals surface area contributed by atoms with E-state index in [1.54, 1.807) is 31.7 Å². The predicted molar refractivity (Wildman–Crippen MR) is 259 cm³/mol. The van der Waals surface area contributed by atoms with E-state index in [1.165, 1.54) is 21.9 Å². The minimum Gasteiger partial charge on any atom is -0.385 e. The van der Waals surface area contributed by atoms with Crippen molar-refractivity contribution >= 4 is 70.1 Å². The molecule has 0 bridgehead atoms. The standard InChI is InChI=1S/C50H59F2N6O11PS/c1-49(2,3)43(55-45(61)41-25-31-24-32(16-18-40(31)71-41)50(51,52)70(65,66)67)48(64)57-27-33(26-38(57)47(63)56-21-23-69-39(29-56)30-12-7-6-8-13-30)68-22-10-5-4-9-20-53-36-15-11-14-34-35(36)28-58(46(34)62)37-17-19-42(59)54-44(37)60/h6-8,11-16,18,24-25,33,37-39,43,53H,4-5,9-10,17,19-23,26-29H2,1-3H3,(H,55,61)(H,54,59,60)(H2,65,66,67)/t33-,37?,38-,39?,43+/m0/s1. The van der Waals surface area contributed by atoms with Crippen LogP contribution in [0.2, 0.25) is 0 Å². The summed E-state index contributed by atoms with van der Waals surface area (Å²) in [7, 11) is -5.83. The van der Waals surface area contributed by atoms with E-state index in [0.717, 1.165) is 66.0 Å². The van der Waals surface area contributed by atoms with E-state index in [1.807, 2.05) is 42.5 Å². The number of amides is 6. The minimum absolute atomic E-state index is 0.0865. The number of halogens is 2. The fourth-order valence-corrected chi connectivity index (χ4v) is 11.1. The van der Waals surface area contributed by atoms with Crippen LogP contribution in [0.4, 0.5) is 14.5 Å². The number of fused-ring (bicyclic) bond motifs is 2. The van der Waals surface area contributed by atoms with Crippen molar-refractivity contribution in [2.24, 2.45) is 5.41 Å². The second-order valence-corrected chi connectivity index (χ2v) is 22.3. The van der Waals surface area contributed by atoms with Crippen LogP contribution in [0.3, 0.4) is 0 Å². The topological polar surface area (TPSA) is 224 Å². The molecule has 0 spiro atoms. The number of thiophene rings is 1. The average molecular weight is 1020 g/mol. The number of ether oxygens (including phenoxy) is 2. The van der Waals surface area contributed by atoms with Crippen molar-refractivity contribution in [2.75, 3.05) is 44.7 Å². The maximum absolute atomic E-state index is 14.8. The van der Waals surface area contributed by atoms with Crippen LogP contribution in [0.25, 0.3) is 10.1 Å². The molecular formula is C50H59F2N6O11PS. The normalized spacial score (nSPS) is 21.3. The summed E-state index contributed by atoms with van der Waals surface area (Å²) in [6.07, 6.45) is 3.11. The molecule has 380 valence electrons. The summed E-state index contributed by atoms with van der Waals surface area (Å²) in [6, 6.07) is 16.7. The van der Waals surface area contributed by atoms with Gasteiger partial charge >= 0.3 is 13.3 Å². The monoisotopic (exact) mass is 1020 g/mol. The van der Waals surface area contributed by atoms with Gasteiger partial charge in [0.25, 0.3) is 11.8 Å². The zero-order valence-electron chi connectivity index (χ0n) is 39.7. The Morgan fingerprint density at radius 3 is 2.46 bits per heavy atom. The van der Waals surface area contributed by atoms with Gasteiger partial charge in [0, 0.05) is 72.7 Å². The molecule has 4 aliphatic heterocycles. The van der Waals surface area contributed by atoms with Gasteiger partial charge in [-0.1, -0.05) is 76.1 Å². The Morgan fingerprint density at radius 1 is 0.972 bits per heavy atom. The van der Waals surface area contributed by atoms with Gasteiger partial charge < -0.3 is 44.6 Å². The molecule has 4 aromatic rings. The number of imide groups is 1. The maximum Gasteiger partial charge on any atom is 0.399 e. The van der Waals surface area contributed by atoms with Gasteiger partial charge in [0.15, 0.2) is 0 Å². The summed E-state index contributed by atoms with van der Waals surface area (Å²) in [4.78, 5) is 104. The molecule has 5 heterocycles. The van der Waals surface area contributed by atoms with Gasteiger partial charge in [-0.3, -0.25) is 38.6 Å². The van der Waals surface area contributed by atoms with Crippen LogP contribution in [-0.2, 0) is 45.4 Å². The highest BCUT2D eigenvalue weighted by Crippen LogP contribution is 2.59. The van der Waals surface area contributed by atoms with Crippen LogP contribution < -0.4 is 16.0 Å². The number of hydrogen-bond donors (Lipinski definition) is 5. The Kier molecular flexibility index (Phi) is 15.5. The number of unbranched alkanes of at least 4 members (excludes halogenated alkanes) is 3. The van der Waals surface area contributed by atoms with Gasteiger partial charge in [0.1, 0.15) is 24.2 Å². The number of carbonyl (C=O) groups is 6. The average Bonchev–Trinajstić information content (AvgIpc) is 4.06. The number of alkyl halides is 2. The summed E-state index contributed by atoms with van der Waals surface area (Å²) < 4.78 is 53.5. The Bertz CT molecular complexity index is 2730. The van der Waals surface area contributed by atoms with Crippen LogP contribution in [0, 0.1) is 5.41 Å². The molecule has 21 heteroatoms. The van der Waals surface area contributed by atoms with Gasteiger partial charge in [-0.05, 0) is 66.0 Å². The lowest BCUT2D eigenvalue weighted by Crippen LogP contribution is -2.58. The molecule has 0 radical (unpaired) electrons. The first-order valence-electron chi connectivity index (χ1n) is 23.9. The summed E-state index contributed by atoms with van der Waals surface area (Å²) >= 11 is 0.973. The van der Waals surface area contributed by atoms with E-state index in [4.69, 9.17) is 9.47 Å². The predicted octanol–water partition coefficient (Wildman–Crippen LogP) is 6.29. The smallest absolute Gasteiger partial charge is 0.385 e. The Labute approximate surface area is 413 Å². The first-order chi connectivity index (χ1) is 33.7. The molecular weight excluding hydrogens is 962 g/mol. The number of benzene rings is 3. The van der Waals surface area contributed by atoms with Crippen molar-refractivity contribution in [3.05, 3.63) is 99.9 Å². The van der Waals surface area contributed by atoms with Gasteiger partial charge in [-0.15, -0.1) is 11.3 Å². The molecule has 6 amide bonds. The molecule has 3 fully saturated rings. The van der Waals surface area contributed by atoms with Crippen LogP contribution >= 0.6 is 18.9 Å². The van der Waals surface area contributed by atoms with E-state index in [-0.39, 0.29) is 73.0 Å². The van der Waals surface area contributed by atoms with Crippen molar-refractivity contribution in [1.29, 1.82) is 0 Å². The Balaban J connectivity index is 0.891. The fourth-order valence-electron chi connectivity index (χ4n) is 9.66. The quantitative estimate of drug-likeness (QED) is 0.0447. The van der Waals surface area contributed by atoms with Crippen molar-refractivity contribution < 1.29 is 61.4 Å². The maximum atomic E-state index is 14.8. The lowest BCUT2D eigenvalue weighted by molar-refractivity contribution is -0.150. The van der Waals surface area contributed by atoms with Crippen molar-refractivity contribution in [1.82, 2.24) is 25.3 Å². The Morgan fingerprint density at radius 2 is 1.73 bits per heavy atom. The molecule has 0 aliphatic carbocycles. The zero-order chi connectivity index (χ0) is 50.8. The van der Waals surface area contributed by atoms with Gasteiger partial charge in [-0.25, -0.2) is 0 Å². The number of nitrogens with one attached hydrogen (secondary N) is 3. The van der Waals surface area contributed by atoms with Gasteiger partial charge in [0.05, 0.1) is 24.1 Å². The third-order valence-electron chi connectivity index (χ3n) is 13.5. The van der Waals surface area contributed by atoms with Gasteiger partial charge in [0.2, 0.25) is 23.6 Å². The van der Waals surface area contributed by atoms with Crippen LogP contribution in [0.15, 0.2) is 72.8 Å². The van der Waals surface area contributed by atoms with Crippen molar-refractivity contribution in [3.63, 3.8) is 0 Å². The SMILES string of the molecule is CC(C)(C)[C@H](NC(=O)c1cc2cc(C(F)(F)P(=O)(O)O)ccc2s1)C(=O)N1C[C@@H](OCCCCCCNc2cccc3c2CN(C2CCC(=O)NC2=O)C3=O)C[C@H]1C(=O)N1CCOC(c2ccccc2)C1. The van der Waals surface area contributed by atoms with Gasteiger partial charge in [-0.2, -0.15) is 8.78 Å². The number of morpholine rings is 1. The largest absolute Gasteiger partial charge is 0.399 e. The number of nitrogens with zero attached hydrogens (tertiary/aromatic N) is 3. The van der Waals surface area contributed by atoms with E-state index in [9.17, 15) is 51.9 Å². The molecule has 4 aliphatic rings. The summed E-state index contributed by atoms with van der Waals surface area (Å²) in [5, 5.41) is 8.81. The summed E-state index contributed by atoms with van der Waals surface area (Å²) in [5.74, 6) is -2.43. The highest BCUT2D eigenvalue weighted by Gasteiger charge is 2.51. The molecule has 5 atom stereocenters. The minimum atomic E-state index is -5.83. The molecule has 3 saturated heterocycles. The lowest BCUT2D eigenvalue weighted by atomic mass is 9.85. The highest BCUT2D eigenvalue weighted by atomic mass is 32.1. The first-order valence-corrected chi connectivity index (χ1v) is 26.3. The summed E-state index contributed by atoms with van der Waals surface area (Å²) in [6.45, 7) is 7.64. The molecule has 2 unspecified atom stereocenters. The third kappa shape index (κ3) is 11.4. The molecule has 8 rings (SSSR count). The van der Waals surface area contributed by atoms with Crippen LogP contribution in [0.5, 0.6) is 0 Å². The van der Waals surface area contributed by atoms with Crippen molar-refractivity contribution in [3.8, 4) is 0 Å². The third-order valence-corrected chi connectivity index (χ3v) is 15.6. The number of anilines is 1. The second-order valence-electron chi connectivity index (χ2n) is 19.6.